The fourth-order valence-electron chi connectivity index (χ4n) is 2.81. The van der Waals surface area contributed by atoms with Crippen molar-refractivity contribution in [1.29, 1.82) is 0 Å². The van der Waals surface area contributed by atoms with Gasteiger partial charge in [0.1, 0.15) is 12.4 Å². The number of anilines is 1. The van der Waals surface area contributed by atoms with Gasteiger partial charge in [0.05, 0.1) is 11.7 Å². The van der Waals surface area contributed by atoms with Gasteiger partial charge in [-0.05, 0) is 29.2 Å². The Kier molecular flexibility index (Phi) is 2.51. The van der Waals surface area contributed by atoms with E-state index in [1.807, 2.05) is 0 Å². The first-order chi connectivity index (χ1) is 8.16. The number of ether oxygens (including phenoxy) is 1. The fourth-order valence-corrected chi connectivity index (χ4v) is 2.81. The molecule has 0 amide bonds. The number of likely N-dealkylation sites (N-methyl/N-ethyl adjacent to an activating group) is 1. The zero-order valence-corrected chi connectivity index (χ0v) is 10.8. The smallest absolute Gasteiger partial charge is 0.143 e. The number of benzene rings is 1. The van der Waals surface area contributed by atoms with Crippen LogP contribution in [0.15, 0.2) is 12.1 Å². The van der Waals surface area contributed by atoms with Gasteiger partial charge < -0.3 is 15.0 Å². The van der Waals surface area contributed by atoms with Crippen molar-refractivity contribution >= 4 is 5.69 Å². The van der Waals surface area contributed by atoms with Crippen molar-refractivity contribution in [2.45, 2.75) is 33.0 Å². The number of fused-ring (bicyclic) bond motifs is 2. The van der Waals surface area contributed by atoms with E-state index < -0.39 is 0 Å². The van der Waals surface area contributed by atoms with Crippen molar-refractivity contribution in [1.82, 2.24) is 5.32 Å². The van der Waals surface area contributed by atoms with Crippen LogP contribution in [0.1, 0.15) is 25.0 Å². The minimum absolute atomic E-state index is 0.481. The van der Waals surface area contributed by atoms with E-state index in [4.69, 9.17) is 4.74 Å². The topological polar surface area (TPSA) is 24.5 Å². The molecule has 0 radical (unpaired) electrons. The van der Waals surface area contributed by atoms with Crippen molar-refractivity contribution in [3.8, 4) is 5.75 Å². The number of hydrogen-bond donors (Lipinski definition) is 1. The number of rotatable bonds is 1. The zero-order valence-electron chi connectivity index (χ0n) is 10.8. The number of nitrogens with zero attached hydrogens (tertiary/aromatic N) is 1. The average Bonchev–Trinajstić information content (AvgIpc) is 2.73. The Hall–Kier alpha value is -1.22. The predicted molar refractivity (Wildman–Crippen MR) is 69.5 cm³/mol. The monoisotopic (exact) mass is 232 g/mol. The van der Waals surface area contributed by atoms with E-state index in [0.29, 0.717) is 12.0 Å². The van der Waals surface area contributed by atoms with Crippen molar-refractivity contribution in [3.63, 3.8) is 0 Å². The molecule has 17 heavy (non-hydrogen) atoms. The second-order valence-corrected chi connectivity index (χ2v) is 5.43. The maximum absolute atomic E-state index is 5.92. The zero-order chi connectivity index (χ0) is 12.0. The van der Waals surface area contributed by atoms with E-state index in [9.17, 15) is 0 Å². The Morgan fingerprint density at radius 3 is 2.71 bits per heavy atom. The summed E-state index contributed by atoms with van der Waals surface area (Å²) in [6.07, 6.45) is 0. The lowest BCUT2D eigenvalue weighted by molar-refractivity contribution is 0.236. The minimum Gasteiger partial charge on any atom is -0.489 e. The molecule has 0 aromatic heterocycles. The molecule has 2 aliphatic heterocycles. The first-order valence-corrected chi connectivity index (χ1v) is 6.39. The molecule has 1 unspecified atom stereocenters. The first kappa shape index (κ1) is 10.9. The van der Waals surface area contributed by atoms with Crippen LogP contribution in [0.5, 0.6) is 5.75 Å². The molecule has 0 aliphatic carbocycles. The van der Waals surface area contributed by atoms with Gasteiger partial charge >= 0.3 is 0 Å². The van der Waals surface area contributed by atoms with Gasteiger partial charge in [-0.3, -0.25) is 0 Å². The summed E-state index contributed by atoms with van der Waals surface area (Å²) in [5.41, 5.74) is 4.06. The lowest BCUT2D eigenvalue weighted by Gasteiger charge is -2.38. The van der Waals surface area contributed by atoms with Crippen LogP contribution in [0.4, 0.5) is 5.69 Å². The SMILES string of the molecule is CC(C)C1COc2cc3c(cc2N1C)CNC3. The molecule has 2 heterocycles. The Morgan fingerprint density at radius 2 is 2.00 bits per heavy atom. The summed E-state index contributed by atoms with van der Waals surface area (Å²) < 4.78 is 5.92. The maximum Gasteiger partial charge on any atom is 0.143 e. The summed E-state index contributed by atoms with van der Waals surface area (Å²) in [6.45, 7) is 7.27. The molecule has 1 aromatic rings. The fraction of sp³-hybridized carbons (Fsp3) is 0.571. The lowest BCUT2D eigenvalue weighted by atomic mass is 10.00. The molecule has 0 fully saturated rings. The normalized spacial score (nSPS) is 22.4. The molecule has 92 valence electrons. The Morgan fingerprint density at radius 1 is 1.29 bits per heavy atom. The van der Waals surface area contributed by atoms with Crippen LogP contribution in [0, 0.1) is 5.92 Å². The number of nitrogens with one attached hydrogen (secondary N) is 1. The quantitative estimate of drug-likeness (QED) is 0.803. The van der Waals surface area contributed by atoms with E-state index in [0.717, 1.165) is 25.4 Å². The average molecular weight is 232 g/mol. The van der Waals surface area contributed by atoms with E-state index in [1.165, 1.54) is 16.8 Å². The molecule has 3 rings (SSSR count). The maximum atomic E-state index is 5.92. The largest absolute Gasteiger partial charge is 0.489 e. The summed E-state index contributed by atoms with van der Waals surface area (Å²) in [5, 5.41) is 3.39. The minimum atomic E-state index is 0.481. The molecule has 2 aliphatic rings. The van der Waals surface area contributed by atoms with Gasteiger partial charge in [0.25, 0.3) is 0 Å². The van der Waals surface area contributed by atoms with Crippen LogP contribution in [-0.4, -0.2) is 19.7 Å². The summed E-state index contributed by atoms with van der Waals surface area (Å²) in [4.78, 5) is 2.38. The molecule has 1 N–H and O–H groups in total. The first-order valence-electron chi connectivity index (χ1n) is 6.39. The number of hydrogen-bond acceptors (Lipinski definition) is 3. The predicted octanol–water partition coefficient (Wildman–Crippen LogP) is 2.14. The molecule has 0 saturated carbocycles. The van der Waals surface area contributed by atoms with Crippen LogP contribution in [0.2, 0.25) is 0 Å². The molecular formula is C14H20N2O. The van der Waals surface area contributed by atoms with Crippen LogP contribution in [0.3, 0.4) is 0 Å². The molecule has 3 nitrogen and oxygen atoms in total. The van der Waals surface area contributed by atoms with Crippen LogP contribution in [-0.2, 0) is 13.1 Å². The summed E-state index contributed by atoms with van der Waals surface area (Å²) in [5.74, 6) is 1.66. The van der Waals surface area contributed by atoms with Crippen LogP contribution in [0.25, 0.3) is 0 Å². The third-order valence-corrected chi connectivity index (χ3v) is 3.97. The highest BCUT2D eigenvalue weighted by atomic mass is 16.5. The molecule has 3 heteroatoms. The van der Waals surface area contributed by atoms with Gasteiger partial charge in [0, 0.05) is 20.1 Å². The second-order valence-electron chi connectivity index (χ2n) is 5.43. The van der Waals surface area contributed by atoms with Gasteiger partial charge in [0.2, 0.25) is 0 Å². The highest BCUT2D eigenvalue weighted by Gasteiger charge is 2.28. The van der Waals surface area contributed by atoms with Crippen molar-refractivity contribution < 1.29 is 4.74 Å². The molecule has 0 saturated heterocycles. The van der Waals surface area contributed by atoms with Crippen molar-refractivity contribution in [2.75, 3.05) is 18.6 Å². The van der Waals surface area contributed by atoms with Gasteiger partial charge in [-0.25, -0.2) is 0 Å². The van der Waals surface area contributed by atoms with Gasteiger partial charge in [-0.2, -0.15) is 0 Å². The summed E-state index contributed by atoms with van der Waals surface area (Å²) in [7, 11) is 2.18. The highest BCUT2D eigenvalue weighted by Crippen LogP contribution is 2.38. The Balaban J connectivity index is 2.00. The van der Waals surface area contributed by atoms with E-state index >= 15 is 0 Å². The second kappa shape index (κ2) is 3.91. The Bertz CT molecular complexity index is 442. The standard InChI is InChI=1S/C14H20N2O/c1-9(2)13-8-17-14-5-11-7-15-6-10(11)4-12(14)16(13)3/h4-5,9,13,15H,6-8H2,1-3H3. The summed E-state index contributed by atoms with van der Waals surface area (Å²) >= 11 is 0. The molecule has 0 bridgehead atoms. The Labute approximate surface area is 103 Å². The van der Waals surface area contributed by atoms with Gasteiger partial charge in [-0.15, -0.1) is 0 Å². The summed E-state index contributed by atoms with van der Waals surface area (Å²) in [6, 6.07) is 4.98. The van der Waals surface area contributed by atoms with Crippen LogP contribution >= 0.6 is 0 Å². The molecule has 0 spiro atoms. The van der Waals surface area contributed by atoms with Crippen molar-refractivity contribution in [3.05, 3.63) is 23.3 Å². The van der Waals surface area contributed by atoms with Gasteiger partial charge in [-0.1, -0.05) is 13.8 Å². The third kappa shape index (κ3) is 1.69. The van der Waals surface area contributed by atoms with Gasteiger partial charge in [0.15, 0.2) is 0 Å². The molecule has 1 aromatic carbocycles. The molecular weight excluding hydrogens is 212 g/mol. The highest BCUT2D eigenvalue weighted by molar-refractivity contribution is 5.64. The van der Waals surface area contributed by atoms with E-state index in [2.05, 4.69) is 43.2 Å². The van der Waals surface area contributed by atoms with Crippen molar-refractivity contribution in [2.24, 2.45) is 5.92 Å². The van der Waals surface area contributed by atoms with E-state index in [1.54, 1.807) is 0 Å². The van der Waals surface area contributed by atoms with E-state index in [-0.39, 0.29) is 0 Å². The molecule has 1 atom stereocenters. The lowest BCUT2D eigenvalue weighted by Crippen LogP contribution is -2.43. The third-order valence-electron chi connectivity index (χ3n) is 3.97. The van der Waals surface area contributed by atoms with Crippen LogP contribution < -0.4 is 15.0 Å².